The van der Waals surface area contributed by atoms with E-state index in [-0.39, 0.29) is 24.1 Å². The highest BCUT2D eigenvalue weighted by atomic mass is 16.4. The zero-order valence-corrected chi connectivity index (χ0v) is 12.3. The van der Waals surface area contributed by atoms with Gasteiger partial charge in [-0.25, -0.2) is 4.79 Å². The third-order valence-corrected chi connectivity index (χ3v) is 3.46. The number of carbonyl (C=O) groups excluding carboxylic acids is 1. The number of benzene rings is 1. The van der Waals surface area contributed by atoms with E-state index in [0.29, 0.717) is 5.52 Å². The van der Waals surface area contributed by atoms with E-state index < -0.39 is 5.97 Å². The van der Waals surface area contributed by atoms with Gasteiger partial charge < -0.3 is 15.0 Å². The zero-order valence-electron chi connectivity index (χ0n) is 12.3. The molecule has 0 spiro atoms. The van der Waals surface area contributed by atoms with Gasteiger partial charge in [-0.15, -0.1) is 0 Å². The summed E-state index contributed by atoms with van der Waals surface area (Å²) in [4.78, 5) is 23.3. The summed E-state index contributed by atoms with van der Waals surface area (Å²) in [5, 5.41) is 13.0. The van der Waals surface area contributed by atoms with E-state index in [1.165, 1.54) is 0 Å². The summed E-state index contributed by atoms with van der Waals surface area (Å²) < 4.78 is 1.69. The fraction of sp³-hybridized carbons (Fsp3) is 0.375. The lowest BCUT2D eigenvalue weighted by Gasteiger charge is -2.14. The molecule has 0 radical (unpaired) electrons. The minimum atomic E-state index is -0.986. The maximum Gasteiger partial charge on any atom is 0.337 e. The first-order valence-corrected chi connectivity index (χ1v) is 7.13. The van der Waals surface area contributed by atoms with Gasteiger partial charge in [-0.3, -0.25) is 4.79 Å². The van der Waals surface area contributed by atoms with Crippen molar-refractivity contribution in [2.75, 3.05) is 0 Å². The first kappa shape index (κ1) is 15.1. The van der Waals surface area contributed by atoms with Crippen molar-refractivity contribution in [2.45, 2.75) is 39.3 Å². The molecule has 5 heteroatoms. The molecule has 0 aliphatic carbocycles. The smallest absolute Gasteiger partial charge is 0.337 e. The van der Waals surface area contributed by atoms with Crippen molar-refractivity contribution in [3.8, 4) is 0 Å². The summed E-state index contributed by atoms with van der Waals surface area (Å²) in [6.07, 6.45) is 3.69. The van der Waals surface area contributed by atoms with Crippen LogP contribution in [-0.4, -0.2) is 27.6 Å². The van der Waals surface area contributed by atoms with Crippen LogP contribution in [0.3, 0.4) is 0 Å². The van der Waals surface area contributed by atoms with Gasteiger partial charge in [-0.2, -0.15) is 0 Å². The summed E-state index contributed by atoms with van der Waals surface area (Å²) in [6.45, 7) is 4.17. The maximum absolute atomic E-state index is 12.0. The van der Waals surface area contributed by atoms with Gasteiger partial charge in [0.15, 0.2) is 0 Å². The number of carboxylic acids is 1. The highest BCUT2D eigenvalue weighted by molar-refractivity contribution is 6.02. The highest BCUT2D eigenvalue weighted by Gasteiger charge is 2.14. The molecule has 0 fully saturated rings. The highest BCUT2D eigenvalue weighted by Crippen LogP contribution is 2.20. The van der Waals surface area contributed by atoms with E-state index in [9.17, 15) is 14.7 Å². The van der Waals surface area contributed by atoms with Crippen molar-refractivity contribution < 1.29 is 14.7 Å². The van der Waals surface area contributed by atoms with E-state index in [4.69, 9.17) is 0 Å². The van der Waals surface area contributed by atoms with Crippen LogP contribution < -0.4 is 5.32 Å². The number of carboxylic acid groups (broad SMARTS) is 1. The van der Waals surface area contributed by atoms with Crippen molar-refractivity contribution in [2.24, 2.45) is 0 Å². The summed E-state index contributed by atoms with van der Waals surface area (Å²) >= 11 is 0. The number of nitrogens with zero attached hydrogens (tertiary/aromatic N) is 1. The summed E-state index contributed by atoms with van der Waals surface area (Å²) in [5.41, 5.74) is 0.801. The zero-order chi connectivity index (χ0) is 15.4. The second kappa shape index (κ2) is 6.43. The van der Waals surface area contributed by atoms with E-state index >= 15 is 0 Å². The normalized spacial score (nSPS) is 12.3. The topological polar surface area (TPSA) is 71.3 Å². The van der Waals surface area contributed by atoms with Crippen LogP contribution in [0, 0.1) is 0 Å². The van der Waals surface area contributed by atoms with Crippen molar-refractivity contribution in [3.05, 3.63) is 36.0 Å². The minimum Gasteiger partial charge on any atom is -0.478 e. The van der Waals surface area contributed by atoms with Gasteiger partial charge in [0.2, 0.25) is 5.91 Å². The Morgan fingerprint density at radius 2 is 2.10 bits per heavy atom. The molecule has 0 saturated heterocycles. The quantitative estimate of drug-likeness (QED) is 0.858. The van der Waals surface area contributed by atoms with Gasteiger partial charge in [0.25, 0.3) is 0 Å². The molecule has 1 unspecified atom stereocenters. The number of rotatable bonds is 6. The molecule has 2 rings (SSSR count). The second-order valence-corrected chi connectivity index (χ2v) is 5.25. The standard InChI is InChI=1S/C16H20N2O3/c1-3-5-11(2)17-14(19)10-18-9-8-12-6-4-7-13(15(12)18)16(20)21/h4,6-9,11H,3,5,10H2,1-2H3,(H,17,19)(H,20,21). The molecule has 1 amide bonds. The minimum absolute atomic E-state index is 0.103. The Labute approximate surface area is 123 Å². The van der Waals surface area contributed by atoms with Crippen molar-refractivity contribution in [1.29, 1.82) is 0 Å². The molecule has 1 atom stereocenters. The largest absolute Gasteiger partial charge is 0.478 e. The SMILES string of the molecule is CCCC(C)NC(=O)Cn1ccc2cccc(C(=O)O)c21. The molecule has 0 bridgehead atoms. The molecule has 1 aromatic heterocycles. The first-order valence-electron chi connectivity index (χ1n) is 7.13. The summed E-state index contributed by atoms with van der Waals surface area (Å²) in [5.74, 6) is -1.09. The van der Waals surface area contributed by atoms with Gasteiger partial charge in [-0.05, 0) is 25.5 Å². The fourth-order valence-corrected chi connectivity index (χ4v) is 2.55. The van der Waals surface area contributed by atoms with Gasteiger partial charge in [0.1, 0.15) is 6.54 Å². The summed E-state index contributed by atoms with van der Waals surface area (Å²) in [6, 6.07) is 7.06. The van der Waals surface area contributed by atoms with Crippen molar-refractivity contribution >= 4 is 22.8 Å². The lowest BCUT2D eigenvalue weighted by Crippen LogP contribution is -2.34. The Hall–Kier alpha value is -2.30. The third-order valence-electron chi connectivity index (χ3n) is 3.46. The van der Waals surface area contributed by atoms with Crippen LogP contribution in [0.5, 0.6) is 0 Å². The number of hydrogen-bond acceptors (Lipinski definition) is 2. The Morgan fingerprint density at radius 3 is 2.76 bits per heavy atom. The molecule has 5 nitrogen and oxygen atoms in total. The lowest BCUT2D eigenvalue weighted by atomic mass is 10.1. The fourth-order valence-electron chi connectivity index (χ4n) is 2.55. The number of para-hydroxylation sites is 1. The Balaban J connectivity index is 2.23. The molecule has 1 heterocycles. The predicted octanol–water partition coefficient (Wildman–Crippen LogP) is 2.64. The molecular weight excluding hydrogens is 268 g/mol. The molecule has 112 valence electrons. The molecular formula is C16H20N2O3. The Morgan fingerprint density at radius 1 is 1.33 bits per heavy atom. The van der Waals surface area contributed by atoms with Gasteiger partial charge >= 0.3 is 5.97 Å². The van der Waals surface area contributed by atoms with Crippen LogP contribution in [0.25, 0.3) is 10.9 Å². The second-order valence-electron chi connectivity index (χ2n) is 5.25. The van der Waals surface area contributed by atoms with E-state index in [0.717, 1.165) is 18.2 Å². The van der Waals surface area contributed by atoms with Crippen LogP contribution in [-0.2, 0) is 11.3 Å². The number of fused-ring (bicyclic) bond motifs is 1. The van der Waals surface area contributed by atoms with Crippen LogP contribution in [0.1, 0.15) is 37.0 Å². The molecule has 2 aromatic rings. The lowest BCUT2D eigenvalue weighted by molar-refractivity contribution is -0.122. The van der Waals surface area contributed by atoms with Gasteiger partial charge in [0, 0.05) is 17.6 Å². The van der Waals surface area contributed by atoms with E-state index in [2.05, 4.69) is 12.2 Å². The van der Waals surface area contributed by atoms with E-state index in [1.807, 2.05) is 19.1 Å². The molecule has 0 aliphatic rings. The number of amides is 1. The molecule has 2 N–H and O–H groups in total. The average Bonchev–Trinajstić information content (AvgIpc) is 2.81. The van der Waals surface area contributed by atoms with Crippen LogP contribution in [0.15, 0.2) is 30.5 Å². The van der Waals surface area contributed by atoms with Gasteiger partial charge in [-0.1, -0.05) is 25.5 Å². The number of nitrogens with one attached hydrogen (secondary N) is 1. The van der Waals surface area contributed by atoms with Gasteiger partial charge in [0.05, 0.1) is 11.1 Å². The van der Waals surface area contributed by atoms with Crippen LogP contribution in [0.4, 0.5) is 0 Å². The molecule has 21 heavy (non-hydrogen) atoms. The number of aromatic carboxylic acids is 1. The van der Waals surface area contributed by atoms with Crippen molar-refractivity contribution in [1.82, 2.24) is 9.88 Å². The predicted molar refractivity (Wildman–Crippen MR) is 81.4 cm³/mol. The number of carbonyl (C=O) groups is 2. The Bertz CT molecular complexity index is 661. The molecule has 0 saturated carbocycles. The monoisotopic (exact) mass is 288 g/mol. The van der Waals surface area contributed by atoms with E-state index in [1.54, 1.807) is 22.9 Å². The van der Waals surface area contributed by atoms with Crippen LogP contribution >= 0.6 is 0 Å². The average molecular weight is 288 g/mol. The first-order chi connectivity index (χ1) is 10.0. The maximum atomic E-state index is 12.0. The Kier molecular flexibility index (Phi) is 4.62. The summed E-state index contributed by atoms with van der Waals surface area (Å²) in [7, 11) is 0. The molecule has 1 aromatic carbocycles. The number of aromatic nitrogens is 1. The number of hydrogen-bond donors (Lipinski definition) is 2. The van der Waals surface area contributed by atoms with Crippen LogP contribution in [0.2, 0.25) is 0 Å². The third kappa shape index (κ3) is 3.42. The molecule has 0 aliphatic heterocycles. The van der Waals surface area contributed by atoms with Crippen molar-refractivity contribution in [3.63, 3.8) is 0 Å².